The number of pyridine rings is 1. The molecule has 4 aromatic heterocycles. The van der Waals surface area contributed by atoms with Gasteiger partial charge in [0.15, 0.2) is 11.5 Å². The summed E-state index contributed by atoms with van der Waals surface area (Å²) in [6.07, 6.45) is 0.236. The number of nitrogens with one attached hydrogen (secondary N) is 1. The smallest absolute Gasteiger partial charge is 0.383 e. The summed E-state index contributed by atoms with van der Waals surface area (Å²) in [4.78, 5) is 34.4. The molecule has 0 aliphatic carbocycles. The minimum absolute atomic E-state index is 0.0157. The Hall–Kier alpha value is -3.80. The lowest BCUT2D eigenvalue weighted by atomic mass is 9.81. The molecule has 1 aliphatic rings. The molecule has 0 aromatic carbocycles. The summed E-state index contributed by atoms with van der Waals surface area (Å²) in [5, 5.41) is 3.12. The third kappa shape index (κ3) is 3.59. The van der Waals surface area contributed by atoms with Gasteiger partial charge in [0.1, 0.15) is 22.7 Å². The average Bonchev–Trinajstić information content (AvgIpc) is 3.35. The number of carbonyl (C=O) groups excluding carboxylic acids is 1. The van der Waals surface area contributed by atoms with E-state index in [1.54, 1.807) is 29.7 Å². The Balaban J connectivity index is 1.60. The summed E-state index contributed by atoms with van der Waals surface area (Å²) in [5.74, 6) is -0.161. The molecule has 4 aromatic rings. The van der Waals surface area contributed by atoms with Gasteiger partial charge in [-0.1, -0.05) is 11.6 Å². The van der Waals surface area contributed by atoms with E-state index in [0.29, 0.717) is 21.9 Å². The van der Waals surface area contributed by atoms with Crippen LogP contribution in [0.5, 0.6) is 0 Å². The number of hydrogen-bond donors (Lipinski definition) is 2. The first-order valence-corrected chi connectivity index (χ1v) is 10.5. The van der Waals surface area contributed by atoms with Crippen LogP contribution in [0.4, 0.5) is 24.8 Å². The monoisotopic (exact) mass is 488 g/mol. The zero-order valence-electron chi connectivity index (χ0n) is 17.6. The van der Waals surface area contributed by atoms with Gasteiger partial charge in [-0.15, -0.1) is 0 Å². The number of amides is 1. The van der Waals surface area contributed by atoms with Gasteiger partial charge in [-0.25, -0.2) is 19.9 Å². The van der Waals surface area contributed by atoms with E-state index >= 15 is 0 Å². The van der Waals surface area contributed by atoms with Gasteiger partial charge in [0.05, 0.1) is 22.0 Å². The zero-order chi connectivity index (χ0) is 24.3. The van der Waals surface area contributed by atoms with Crippen molar-refractivity contribution in [1.82, 2.24) is 29.3 Å². The highest BCUT2D eigenvalue weighted by Gasteiger charge is 2.48. The first-order valence-electron chi connectivity index (χ1n) is 10.1. The number of aryl methyl sites for hydroxylation is 1. The lowest BCUT2D eigenvalue weighted by Crippen LogP contribution is -2.33. The van der Waals surface area contributed by atoms with Crippen molar-refractivity contribution in [1.29, 1.82) is 0 Å². The van der Waals surface area contributed by atoms with Crippen LogP contribution < -0.4 is 11.1 Å². The number of carbonyl (C=O) groups is 1. The predicted octanol–water partition coefficient (Wildman–Crippen LogP) is 3.57. The van der Waals surface area contributed by atoms with Crippen molar-refractivity contribution in [2.24, 2.45) is 0 Å². The molecule has 5 heterocycles. The van der Waals surface area contributed by atoms with E-state index in [9.17, 15) is 18.0 Å². The van der Waals surface area contributed by atoms with E-state index in [4.69, 9.17) is 17.3 Å². The number of aromatic nitrogens is 6. The molecule has 1 amide bonds. The van der Waals surface area contributed by atoms with Gasteiger partial charge < -0.3 is 15.5 Å². The average molecular weight is 489 g/mol. The quantitative estimate of drug-likeness (QED) is 0.450. The molecule has 0 saturated heterocycles. The van der Waals surface area contributed by atoms with Crippen LogP contribution >= 0.6 is 11.6 Å². The van der Waals surface area contributed by atoms with E-state index in [1.807, 2.05) is 0 Å². The summed E-state index contributed by atoms with van der Waals surface area (Å²) < 4.78 is 40.0. The van der Waals surface area contributed by atoms with Gasteiger partial charge >= 0.3 is 6.18 Å². The van der Waals surface area contributed by atoms with Crippen LogP contribution in [-0.2, 0) is 16.6 Å². The second-order valence-corrected chi connectivity index (χ2v) is 8.38. The van der Waals surface area contributed by atoms with Crippen molar-refractivity contribution in [2.75, 3.05) is 11.1 Å². The van der Waals surface area contributed by atoms with Crippen molar-refractivity contribution in [2.45, 2.75) is 31.4 Å². The maximum absolute atomic E-state index is 13.0. The Morgan fingerprint density at radius 1 is 1.21 bits per heavy atom. The summed E-state index contributed by atoms with van der Waals surface area (Å²) in [7, 11) is 0. The Bertz CT molecular complexity index is 1440. The fourth-order valence-electron chi connectivity index (χ4n) is 3.97. The number of imidazole rings is 1. The van der Waals surface area contributed by atoms with Gasteiger partial charge in [0.2, 0.25) is 5.91 Å². The fourth-order valence-corrected chi connectivity index (χ4v) is 4.08. The van der Waals surface area contributed by atoms with Gasteiger partial charge in [-0.2, -0.15) is 13.2 Å². The van der Waals surface area contributed by atoms with Gasteiger partial charge in [-0.05, 0) is 19.1 Å². The number of nitrogen functional groups attached to an aromatic ring is 1. The molecule has 0 bridgehead atoms. The summed E-state index contributed by atoms with van der Waals surface area (Å²) in [6, 6.07) is 3.23. The second kappa shape index (κ2) is 7.62. The second-order valence-electron chi connectivity index (χ2n) is 7.94. The van der Waals surface area contributed by atoms with Gasteiger partial charge in [0, 0.05) is 37.6 Å². The molecule has 3 N–H and O–H groups in total. The first kappa shape index (κ1) is 22.0. The lowest BCUT2D eigenvalue weighted by Gasteiger charge is -2.22. The largest absolute Gasteiger partial charge is 0.389 e. The number of hydrogen-bond acceptors (Lipinski definition) is 7. The molecule has 1 unspecified atom stereocenters. The Kier molecular flexibility index (Phi) is 4.93. The highest BCUT2D eigenvalue weighted by molar-refractivity contribution is 6.30. The van der Waals surface area contributed by atoms with Crippen LogP contribution in [0.1, 0.15) is 30.3 Å². The van der Waals surface area contributed by atoms with Crippen LogP contribution in [0.15, 0.2) is 36.9 Å². The molecule has 5 rings (SSSR count). The van der Waals surface area contributed by atoms with E-state index < -0.39 is 23.9 Å². The molecule has 0 radical (unpaired) electrons. The Morgan fingerprint density at radius 2 is 2.00 bits per heavy atom. The third-order valence-corrected chi connectivity index (χ3v) is 5.90. The van der Waals surface area contributed by atoms with Crippen molar-refractivity contribution in [3.8, 4) is 11.5 Å². The van der Waals surface area contributed by atoms with Crippen LogP contribution in [0.2, 0.25) is 5.02 Å². The predicted molar refractivity (Wildman–Crippen MR) is 117 cm³/mol. The number of nitrogens with two attached hydrogens (primary N) is 1. The van der Waals surface area contributed by atoms with Gasteiger partial charge in [-0.3, -0.25) is 9.78 Å². The highest BCUT2D eigenvalue weighted by atomic mass is 35.5. The van der Waals surface area contributed by atoms with E-state index in [1.165, 1.54) is 18.6 Å². The van der Waals surface area contributed by atoms with Crippen molar-refractivity contribution in [3.63, 3.8) is 0 Å². The molecule has 174 valence electrons. The summed E-state index contributed by atoms with van der Waals surface area (Å²) >= 11 is 5.93. The van der Waals surface area contributed by atoms with Crippen LogP contribution in [0.25, 0.3) is 17.2 Å². The molecule has 0 spiro atoms. The fraction of sp³-hybridized carbons (Fsp3) is 0.238. The maximum atomic E-state index is 13.0. The normalized spacial score (nSPS) is 17.7. The minimum Gasteiger partial charge on any atom is -0.383 e. The third-order valence-electron chi connectivity index (χ3n) is 5.68. The zero-order valence-corrected chi connectivity index (χ0v) is 18.3. The first-order chi connectivity index (χ1) is 16.1. The number of fused-ring (bicyclic) bond motifs is 2. The van der Waals surface area contributed by atoms with E-state index in [0.717, 1.165) is 0 Å². The number of anilines is 2. The summed E-state index contributed by atoms with van der Waals surface area (Å²) in [5.41, 5.74) is 6.39. The molecule has 1 atom stereocenters. The van der Waals surface area contributed by atoms with Crippen LogP contribution in [0, 0.1) is 0 Å². The number of nitrogens with zero attached hydrogens (tertiary/aromatic N) is 6. The number of alkyl halides is 3. The highest BCUT2D eigenvalue weighted by Crippen LogP contribution is 2.44. The minimum atomic E-state index is -4.35. The molecular formula is C21H16ClF3N8O. The van der Waals surface area contributed by atoms with Crippen molar-refractivity contribution < 1.29 is 18.0 Å². The lowest BCUT2D eigenvalue weighted by molar-refractivity contribution is -0.134. The van der Waals surface area contributed by atoms with E-state index in [-0.39, 0.29) is 35.3 Å². The Labute approximate surface area is 195 Å². The Morgan fingerprint density at radius 3 is 2.71 bits per heavy atom. The van der Waals surface area contributed by atoms with Gasteiger partial charge in [0.25, 0.3) is 0 Å². The van der Waals surface area contributed by atoms with Crippen molar-refractivity contribution in [3.05, 3.63) is 58.9 Å². The number of halogens is 4. The van der Waals surface area contributed by atoms with Crippen LogP contribution in [-0.4, -0.2) is 41.4 Å². The van der Waals surface area contributed by atoms with Crippen molar-refractivity contribution >= 4 is 34.8 Å². The SMILES string of the molecule is CC1(c2ccc(Cl)cn2)C(=O)Nc2nc(-c3cn4ccnc4c(CCC(F)(F)F)n3)nc(N)c21. The topological polar surface area (TPSA) is 124 Å². The molecule has 13 heteroatoms. The van der Waals surface area contributed by atoms with E-state index in [2.05, 4.69) is 30.2 Å². The molecular weight excluding hydrogens is 473 g/mol. The maximum Gasteiger partial charge on any atom is 0.389 e. The van der Waals surface area contributed by atoms with Crippen LogP contribution in [0.3, 0.4) is 0 Å². The molecule has 0 saturated carbocycles. The summed E-state index contributed by atoms with van der Waals surface area (Å²) in [6.45, 7) is 1.65. The molecule has 34 heavy (non-hydrogen) atoms. The molecule has 9 nitrogen and oxygen atoms in total. The molecule has 1 aliphatic heterocycles. The number of rotatable bonds is 4. The molecule has 0 fully saturated rings. The standard InChI is InChI=1S/C21H16ClF3N8O/c1-20(13-3-2-10(22)8-28-13)14-15(26)30-16(31-17(14)32-19(20)34)12-9-33-7-6-27-18(33)11(29-12)4-5-21(23,24)25/h2-3,6-9H,4-5H2,1H3,(H3,26,30,31,32,34).